The van der Waals surface area contributed by atoms with Crippen molar-refractivity contribution in [2.24, 2.45) is 0 Å². The number of hydrogen-bond acceptors (Lipinski definition) is 3. The van der Waals surface area contributed by atoms with Crippen molar-refractivity contribution >= 4 is 5.69 Å². The maximum atomic E-state index is 6.16. The van der Waals surface area contributed by atoms with Gasteiger partial charge in [-0.25, -0.2) is 0 Å². The van der Waals surface area contributed by atoms with E-state index in [0.717, 1.165) is 60.8 Å². The third-order valence-corrected chi connectivity index (χ3v) is 8.88. The molecule has 1 fully saturated rings. The van der Waals surface area contributed by atoms with Crippen molar-refractivity contribution in [3.05, 3.63) is 149 Å². The molecule has 0 heterocycles. The van der Waals surface area contributed by atoms with Crippen LogP contribution in [0.3, 0.4) is 0 Å². The van der Waals surface area contributed by atoms with Crippen LogP contribution in [0, 0.1) is 6.92 Å². The fourth-order valence-corrected chi connectivity index (χ4v) is 6.31. The van der Waals surface area contributed by atoms with Gasteiger partial charge in [0.2, 0.25) is 0 Å². The van der Waals surface area contributed by atoms with Crippen LogP contribution in [0.15, 0.2) is 121 Å². The summed E-state index contributed by atoms with van der Waals surface area (Å²) in [4.78, 5) is 0. The van der Waals surface area contributed by atoms with Crippen LogP contribution in [0.2, 0.25) is 0 Å². The van der Waals surface area contributed by atoms with Crippen LogP contribution in [0.1, 0.15) is 66.3 Å². The Kier molecular flexibility index (Phi) is 8.01. The van der Waals surface area contributed by atoms with Gasteiger partial charge in [-0.2, -0.15) is 0 Å². The van der Waals surface area contributed by atoms with Crippen LogP contribution >= 0.6 is 0 Å². The van der Waals surface area contributed by atoms with Gasteiger partial charge in [0, 0.05) is 11.1 Å². The van der Waals surface area contributed by atoms with Crippen molar-refractivity contribution in [2.45, 2.75) is 57.3 Å². The molecule has 0 bridgehead atoms. The summed E-state index contributed by atoms with van der Waals surface area (Å²) in [6.45, 7) is 4.30. The molecule has 3 nitrogen and oxygen atoms in total. The third-order valence-electron chi connectivity index (χ3n) is 8.88. The molecule has 3 heteroatoms. The quantitative estimate of drug-likeness (QED) is 0.194. The first-order chi connectivity index (χ1) is 20.5. The molecule has 0 amide bonds. The molecule has 0 spiro atoms. The summed E-state index contributed by atoms with van der Waals surface area (Å²) in [6.07, 6.45) is 5.55. The maximum absolute atomic E-state index is 6.16. The smallest absolute Gasteiger partial charge is 0.127 e. The lowest BCUT2D eigenvalue weighted by molar-refractivity contribution is 0.314. The second-order valence-corrected chi connectivity index (χ2v) is 11.6. The van der Waals surface area contributed by atoms with Crippen LogP contribution in [-0.4, -0.2) is 0 Å². The van der Waals surface area contributed by atoms with Crippen molar-refractivity contribution < 1.29 is 9.47 Å². The summed E-state index contributed by atoms with van der Waals surface area (Å²) in [5, 5.41) is 0. The molecule has 212 valence electrons. The highest BCUT2D eigenvalue weighted by molar-refractivity contribution is 5.47. The van der Waals surface area contributed by atoms with Gasteiger partial charge in [-0.15, -0.1) is 0 Å². The predicted molar refractivity (Wildman–Crippen MR) is 173 cm³/mol. The lowest BCUT2D eigenvalue weighted by Gasteiger charge is -2.41. The first-order valence-electron chi connectivity index (χ1n) is 15.1. The molecule has 5 aromatic carbocycles. The second-order valence-electron chi connectivity index (χ2n) is 11.6. The average Bonchev–Trinajstić information content (AvgIpc) is 3.04. The Bertz CT molecular complexity index is 1490. The van der Waals surface area contributed by atoms with Gasteiger partial charge in [0.25, 0.3) is 0 Å². The maximum Gasteiger partial charge on any atom is 0.127 e. The standard InChI is InChI=1S/C39H39NO2/c1-3-29-6-8-30(9-7-29)31-24-26-39(27-25-31,32-10-18-36(19-11-32)41-35-16-4-28(2)5-17-35)33-12-20-37(21-13-33)42-38-22-14-34(40)15-23-38/h4-23,31H,3,24-27,40H2,1-2H3. The third kappa shape index (κ3) is 6.06. The zero-order valence-corrected chi connectivity index (χ0v) is 24.6. The summed E-state index contributed by atoms with van der Waals surface area (Å²) >= 11 is 0. The number of hydrogen-bond donors (Lipinski definition) is 1. The van der Waals surface area contributed by atoms with Gasteiger partial charge in [0.1, 0.15) is 23.0 Å². The summed E-state index contributed by atoms with van der Waals surface area (Å²) in [6, 6.07) is 42.4. The first kappa shape index (κ1) is 27.7. The summed E-state index contributed by atoms with van der Waals surface area (Å²) in [7, 11) is 0. The predicted octanol–water partition coefficient (Wildman–Crippen LogP) is 10.4. The van der Waals surface area contributed by atoms with Crippen molar-refractivity contribution in [3.63, 3.8) is 0 Å². The Morgan fingerprint density at radius 1 is 0.595 bits per heavy atom. The highest BCUT2D eigenvalue weighted by atomic mass is 16.5. The summed E-state index contributed by atoms with van der Waals surface area (Å²) in [5.74, 6) is 3.90. The topological polar surface area (TPSA) is 44.5 Å². The molecule has 1 aliphatic carbocycles. The minimum atomic E-state index is -0.0675. The molecular formula is C39H39NO2. The molecule has 0 radical (unpaired) electrons. The first-order valence-corrected chi connectivity index (χ1v) is 15.1. The Hall–Kier alpha value is -4.50. The molecule has 6 rings (SSSR count). The number of ether oxygens (including phenoxy) is 2. The molecule has 0 aromatic heterocycles. The summed E-state index contributed by atoms with van der Waals surface area (Å²) in [5.41, 5.74) is 13.3. The van der Waals surface area contributed by atoms with E-state index < -0.39 is 0 Å². The lowest BCUT2D eigenvalue weighted by Crippen LogP contribution is -2.32. The Morgan fingerprint density at radius 3 is 1.48 bits per heavy atom. The van der Waals surface area contributed by atoms with Gasteiger partial charge in [0.15, 0.2) is 0 Å². The number of nitrogen functional groups attached to an aromatic ring is 1. The van der Waals surface area contributed by atoms with Gasteiger partial charge in [-0.05, 0) is 128 Å². The lowest BCUT2D eigenvalue weighted by atomic mass is 9.62. The van der Waals surface area contributed by atoms with E-state index in [4.69, 9.17) is 15.2 Å². The van der Waals surface area contributed by atoms with Crippen LogP contribution in [0.5, 0.6) is 23.0 Å². The van der Waals surface area contributed by atoms with Crippen molar-refractivity contribution in [1.29, 1.82) is 0 Å². The zero-order chi connectivity index (χ0) is 28.9. The van der Waals surface area contributed by atoms with E-state index in [2.05, 4.69) is 98.8 Å². The second kappa shape index (κ2) is 12.2. The average molecular weight is 554 g/mol. The highest BCUT2D eigenvalue weighted by Gasteiger charge is 2.39. The molecule has 42 heavy (non-hydrogen) atoms. The van der Waals surface area contributed by atoms with Crippen LogP contribution in [-0.2, 0) is 11.8 Å². The van der Waals surface area contributed by atoms with E-state index in [1.54, 1.807) is 0 Å². The van der Waals surface area contributed by atoms with Gasteiger partial charge in [-0.1, -0.05) is 73.2 Å². The fraction of sp³-hybridized carbons (Fsp3) is 0.231. The molecule has 0 unspecified atom stereocenters. The van der Waals surface area contributed by atoms with Crippen LogP contribution in [0.4, 0.5) is 5.69 Å². The SMILES string of the molecule is CCc1ccc(C2CCC(c3ccc(Oc4ccc(C)cc4)cc3)(c3ccc(Oc4ccc(N)cc4)cc3)CC2)cc1. The van der Waals surface area contributed by atoms with Gasteiger partial charge < -0.3 is 15.2 Å². The highest BCUT2D eigenvalue weighted by Crippen LogP contribution is 2.49. The monoisotopic (exact) mass is 553 g/mol. The Labute approximate surface area is 250 Å². The van der Waals surface area contributed by atoms with E-state index in [9.17, 15) is 0 Å². The van der Waals surface area contributed by atoms with E-state index in [1.807, 2.05) is 36.4 Å². The zero-order valence-electron chi connectivity index (χ0n) is 24.6. The molecule has 0 saturated heterocycles. The molecule has 1 aliphatic rings. The molecule has 0 atom stereocenters. The van der Waals surface area contributed by atoms with Crippen LogP contribution < -0.4 is 15.2 Å². The van der Waals surface area contributed by atoms with Crippen molar-refractivity contribution in [3.8, 4) is 23.0 Å². The minimum Gasteiger partial charge on any atom is -0.457 e. The number of nitrogens with two attached hydrogens (primary N) is 1. The van der Waals surface area contributed by atoms with E-state index in [0.29, 0.717) is 5.92 Å². The van der Waals surface area contributed by atoms with Crippen LogP contribution in [0.25, 0.3) is 0 Å². The summed E-state index contributed by atoms with van der Waals surface area (Å²) < 4.78 is 12.3. The van der Waals surface area contributed by atoms with E-state index >= 15 is 0 Å². The number of aryl methyl sites for hydroxylation is 2. The number of rotatable bonds is 8. The number of benzene rings is 5. The largest absolute Gasteiger partial charge is 0.457 e. The Morgan fingerprint density at radius 2 is 1.02 bits per heavy atom. The fourth-order valence-electron chi connectivity index (χ4n) is 6.31. The Balaban J connectivity index is 1.26. The normalized spacial score (nSPS) is 18.4. The molecule has 2 N–H and O–H groups in total. The minimum absolute atomic E-state index is 0.0675. The van der Waals surface area contributed by atoms with E-state index in [-0.39, 0.29) is 5.41 Å². The molecule has 5 aromatic rings. The molecular weight excluding hydrogens is 514 g/mol. The van der Waals surface area contributed by atoms with Gasteiger partial charge >= 0.3 is 0 Å². The van der Waals surface area contributed by atoms with Gasteiger partial charge in [-0.3, -0.25) is 0 Å². The molecule has 1 saturated carbocycles. The van der Waals surface area contributed by atoms with Gasteiger partial charge in [0.05, 0.1) is 0 Å². The van der Waals surface area contributed by atoms with Crippen molar-refractivity contribution in [2.75, 3.05) is 5.73 Å². The van der Waals surface area contributed by atoms with Crippen molar-refractivity contribution in [1.82, 2.24) is 0 Å². The number of anilines is 1. The van der Waals surface area contributed by atoms with E-state index in [1.165, 1.54) is 27.8 Å². The molecule has 0 aliphatic heterocycles.